The second kappa shape index (κ2) is 7.64. The van der Waals surface area contributed by atoms with Crippen molar-refractivity contribution in [3.63, 3.8) is 0 Å². The van der Waals surface area contributed by atoms with Gasteiger partial charge in [-0.3, -0.25) is 4.79 Å². The zero-order valence-electron chi connectivity index (χ0n) is 15.3. The third-order valence-corrected chi connectivity index (χ3v) is 5.23. The van der Waals surface area contributed by atoms with Crippen LogP contribution in [0.3, 0.4) is 0 Å². The SMILES string of the molecule is COc1cc2c(cc1OC)C1CN(c3ccc(F)cc3)CC(=O)N1CC2.Cl. The number of benzene rings is 2. The number of methoxy groups -OCH3 is 2. The lowest BCUT2D eigenvalue weighted by molar-refractivity contribution is -0.134. The van der Waals surface area contributed by atoms with Gasteiger partial charge in [0, 0.05) is 18.8 Å². The molecule has 1 saturated heterocycles. The Morgan fingerprint density at radius 3 is 2.41 bits per heavy atom. The second-order valence-electron chi connectivity index (χ2n) is 6.62. The summed E-state index contributed by atoms with van der Waals surface area (Å²) < 4.78 is 24.1. The van der Waals surface area contributed by atoms with Crippen LogP contribution in [0.15, 0.2) is 36.4 Å². The van der Waals surface area contributed by atoms with E-state index in [0.29, 0.717) is 31.1 Å². The number of rotatable bonds is 3. The van der Waals surface area contributed by atoms with Gasteiger partial charge in [-0.15, -0.1) is 12.4 Å². The molecule has 5 nitrogen and oxygen atoms in total. The first-order chi connectivity index (χ1) is 12.6. The Kier molecular flexibility index (Phi) is 5.46. The maximum Gasteiger partial charge on any atom is 0.242 e. The number of amides is 1. The van der Waals surface area contributed by atoms with Crippen molar-refractivity contribution in [2.45, 2.75) is 12.5 Å². The average Bonchev–Trinajstić information content (AvgIpc) is 2.67. The zero-order chi connectivity index (χ0) is 18.3. The minimum absolute atomic E-state index is 0. The van der Waals surface area contributed by atoms with Crippen LogP contribution >= 0.6 is 12.4 Å². The number of carbonyl (C=O) groups excluding carboxylic acids is 1. The molecule has 2 heterocycles. The summed E-state index contributed by atoms with van der Waals surface area (Å²) >= 11 is 0. The van der Waals surface area contributed by atoms with Crippen LogP contribution in [0.5, 0.6) is 11.5 Å². The molecule has 1 amide bonds. The molecule has 2 aromatic rings. The first-order valence-electron chi connectivity index (χ1n) is 8.65. The summed E-state index contributed by atoms with van der Waals surface area (Å²) in [6.07, 6.45) is 0.800. The molecule has 1 fully saturated rings. The number of fused-ring (bicyclic) bond motifs is 3. The summed E-state index contributed by atoms with van der Waals surface area (Å²) in [7, 11) is 3.24. The van der Waals surface area contributed by atoms with Crippen LogP contribution in [0.25, 0.3) is 0 Å². The lowest BCUT2D eigenvalue weighted by Gasteiger charge is -2.45. The van der Waals surface area contributed by atoms with Gasteiger partial charge >= 0.3 is 0 Å². The predicted molar refractivity (Wildman–Crippen MR) is 104 cm³/mol. The van der Waals surface area contributed by atoms with Gasteiger partial charge in [0.1, 0.15) is 5.82 Å². The number of hydrogen-bond acceptors (Lipinski definition) is 4. The number of ether oxygens (including phenoxy) is 2. The minimum atomic E-state index is -0.279. The Bertz CT molecular complexity index is 844. The van der Waals surface area contributed by atoms with E-state index >= 15 is 0 Å². The molecule has 7 heteroatoms. The molecule has 2 aliphatic heterocycles. The van der Waals surface area contributed by atoms with Gasteiger partial charge in [-0.2, -0.15) is 0 Å². The molecular formula is C20H22ClFN2O3. The average molecular weight is 393 g/mol. The molecule has 0 radical (unpaired) electrons. The molecule has 27 heavy (non-hydrogen) atoms. The Hall–Kier alpha value is -2.47. The van der Waals surface area contributed by atoms with E-state index in [0.717, 1.165) is 17.7 Å². The van der Waals surface area contributed by atoms with E-state index in [1.807, 2.05) is 21.9 Å². The van der Waals surface area contributed by atoms with Crippen molar-refractivity contribution >= 4 is 24.0 Å². The number of anilines is 1. The molecule has 0 aromatic heterocycles. The number of nitrogens with zero attached hydrogens (tertiary/aromatic N) is 2. The van der Waals surface area contributed by atoms with Crippen molar-refractivity contribution in [1.29, 1.82) is 0 Å². The summed E-state index contributed by atoms with van der Waals surface area (Å²) in [5.74, 6) is 1.18. The summed E-state index contributed by atoms with van der Waals surface area (Å²) in [5, 5.41) is 0. The lowest BCUT2D eigenvalue weighted by Crippen LogP contribution is -2.54. The summed E-state index contributed by atoms with van der Waals surface area (Å²) in [5.41, 5.74) is 3.12. The van der Waals surface area contributed by atoms with Crippen molar-refractivity contribution in [1.82, 2.24) is 4.90 Å². The number of carbonyl (C=O) groups is 1. The molecule has 1 unspecified atom stereocenters. The normalized spacial score (nSPS) is 18.3. The van der Waals surface area contributed by atoms with Crippen molar-refractivity contribution in [2.24, 2.45) is 0 Å². The fourth-order valence-corrected chi connectivity index (χ4v) is 3.90. The highest BCUT2D eigenvalue weighted by Gasteiger charge is 2.37. The van der Waals surface area contributed by atoms with Crippen LogP contribution in [-0.4, -0.2) is 44.7 Å². The summed E-state index contributed by atoms with van der Waals surface area (Å²) in [6.45, 7) is 1.67. The minimum Gasteiger partial charge on any atom is -0.493 e. The highest BCUT2D eigenvalue weighted by molar-refractivity contribution is 5.85. The predicted octanol–water partition coefficient (Wildman–Crippen LogP) is 3.21. The maximum absolute atomic E-state index is 13.2. The van der Waals surface area contributed by atoms with Gasteiger partial charge in [0.25, 0.3) is 0 Å². The van der Waals surface area contributed by atoms with Crippen molar-refractivity contribution in [3.8, 4) is 11.5 Å². The van der Waals surface area contributed by atoms with Gasteiger partial charge in [-0.25, -0.2) is 4.39 Å². The van der Waals surface area contributed by atoms with Gasteiger partial charge in [0.15, 0.2) is 11.5 Å². The lowest BCUT2D eigenvalue weighted by atomic mass is 9.90. The van der Waals surface area contributed by atoms with Crippen LogP contribution in [-0.2, 0) is 11.2 Å². The molecule has 0 aliphatic carbocycles. The Morgan fingerprint density at radius 2 is 1.74 bits per heavy atom. The highest BCUT2D eigenvalue weighted by Crippen LogP contribution is 2.40. The van der Waals surface area contributed by atoms with Crippen LogP contribution < -0.4 is 14.4 Å². The van der Waals surface area contributed by atoms with E-state index in [2.05, 4.69) is 0 Å². The number of halogens is 2. The molecule has 144 valence electrons. The largest absolute Gasteiger partial charge is 0.493 e. The van der Waals surface area contributed by atoms with E-state index < -0.39 is 0 Å². The number of hydrogen-bond donors (Lipinski definition) is 0. The zero-order valence-corrected chi connectivity index (χ0v) is 16.1. The van der Waals surface area contributed by atoms with Crippen LogP contribution in [0.1, 0.15) is 17.2 Å². The second-order valence-corrected chi connectivity index (χ2v) is 6.62. The molecule has 0 N–H and O–H groups in total. The van der Waals surface area contributed by atoms with Gasteiger partial charge in [-0.1, -0.05) is 0 Å². The third-order valence-electron chi connectivity index (χ3n) is 5.23. The fraction of sp³-hybridized carbons (Fsp3) is 0.350. The topological polar surface area (TPSA) is 42.0 Å². The number of piperazine rings is 1. The van der Waals surface area contributed by atoms with Crippen LogP contribution in [0.4, 0.5) is 10.1 Å². The van der Waals surface area contributed by atoms with Crippen LogP contribution in [0.2, 0.25) is 0 Å². The fourth-order valence-electron chi connectivity index (χ4n) is 3.90. The van der Waals surface area contributed by atoms with Crippen molar-refractivity contribution in [3.05, 3.63) is 53.3 Å². The quantitative estimate of drug-likeness (QED) is 0.804. The third kappa shape index (κ3) is 3.41. The van der Waals surface area contributed by atoms with Gasteiger partial charge in [-0.05, 0) is 53.9 Å². The molecule has 0 spiro atoms. The molecule has 2 aliphatic rings. The molecule has 0 bridgehead atoms. The first kappa shape index (κ1) is 19.3. The van der Waals surface area contributed by atoms with E-state index in [1.54, 1.807) is 26.4 Å². The van der Waals surface area contributed by atoms with E-state index in [9.17, 15) is 9.18 Å². The summed E-state index contributed by atoms with van der Waals surface area (Å²) in [4.78, 5) is 16.7. The Balaban J connectivity index is 0.00000210. The van der Waals surface area contributed by atoms with Crippen LogP contribution in [0, 0.1) is 5.82 Å². The first-order valence-corrected chi connectivity index (χ1v) is 8.65. The Labute approximate surface area is 164 Å². The van der Waals surface area contributed by atoms with E-state index in [4.69, 9.17) is 9.47 Å². The van der Waals surface area contributed by atoms with E-state index in [1.165, 1.54) is 17.7 Å². The highest BCUT2D eigenvalue weighted by atomic mass is 35.5. The molecule has 1 atom stereocenters. The molecule has 0 saturated carbocycles. The smallest absolute Gasteiger partial charge is 0.242 e. The maximum atomic E-state index is 13.2. The Morgan fingerprint density at radius 1 is 1.07 bits per heavy atom. The molecule has 2 aromatic carbocycles. The molecule has 4 rings (SSSR count). The van der Waals surface area contributed by atoms with E-state index in [-0.39, 0.29) is 30.2 Å². The van der Waals surface area contributed by atoms with Crippen molar-refractivity contribution < 1.29 is 18.7 Å². The van der Waals surface area contributed by atoms with Gasteiger partial charge in [0.05, 0.1) is 26.8 Å². The van der Waals surface area contributed by atoms with Gasteiger partial charge < -0.3 is 19.3 Å². The standard InChI is InChI=1S/C20H21FN2O3.ClH/c1-25-18-9-13-7-8-23-17(16(13)10-19(18)26-2)11-22(12-20(23)24)15-5-3-14(21)4-6-15;/h3-6,9-10,17H,7-8,11-12H2,1-2H3;1H. The van der Waals surface area contributed by atoms with Gasteiger partial charge in [0.2, 0.25) is 5.91 Å². The van der Waals surface area contributed by atoms with Crippen molar-refractivity contribution in [2.75, 3.05) is 38.8 Å². The molecular weight excluding hydrogens is 371 g/mol. The summed E-state index contributed by atoms with van der Waals surface area (Å²) in [6, 6.07) is 10.2. The monoisotopic (exact) mass is 392 g/mol.